The third kappa shape index (κ3) is 3.45. The van der Waals surface area contributed by atoms with Crippen molar-refractivity contribution in [1.29, 1.82) is 0 Å². The van der Waals surface area contributed by atoms with Gasteiger partial charge in [0.1, 0.15) is 5.60 Å². The third-order valence-corrected chi connectivity index (χ3v) is 3.19. The fraction of sp³-hybridized carbons (Fsp3) is 0.308. The minimum absolute atomic E-state index is 0.159. The van der Waals surface area contributed by atoms with Crippen LogP contribution in [0.3, 0.4) is 0 Å². The smallest absolute Gasteiger partial charge is 0.413 e. The number of carbonyl (C=O) groups is 2. The number of carbonyl (C=O) groups excluding carboxylic acids is 1. The maximum atomic E-state index is 11.6. The van der Waals surface area contributed by atoms with Gasteiger partial charge in [0.25, 0.3) is 0 Å². The Balaban J connectivity index is 2.20. The van der Waals surface area contributed by atoms with Crippen molar-refractivity contribution in [2.24, 2.45) is 0 Å². The Hall–Kier alpha value is -2.15. The van der Waals surface area contributed by atoms with Gasteiger partial charge in [-0.1, -0.05) is 11.3 Å². The lowest BCUT2D eigenvalue weighted by Gasteiger charge is -2.18. The number of nitrogens with zero attached hydrogens (tertiary/aromatic N) is 1. The molecule has 106 valence electrons. The first-order valence-electron chi connectivity index (χ1n) is 5.88. The van der Waals surface area contributed by atoms with E-state index in [-0.39, 0.29) is 5.56 Å². The third-order valence-electron chi connectivity index (χ3n) is 2.24. The van der Waals surface area contributed by atoms with Gasteiger partial charge in [-0.25, -0.2) is 14.6 Å². The van der Waals surface area contributed by atoms with Crippen LogP contribution in [0.1, 0.15) is 31.1 Å². The molecule has 0 aliphatic carbocycles. The zero-order valence-electron chi connectivity index (χ0n) is 11.3. The fourth-order valence-electron chi connectivity index (χ4n) is 1.50. The van der Waals surface area contributed by atoms with Crippen LogP contribution in [-0.2, 0) is 4.74 Å². The van der Waals surface area contributed by atoms with E-state index in [2.05, 4.69) is 10.3 Å². The average molecular weight is 294 g/mol. The van der Waals surface area contributed by atoms with Crippen LogP contribution in [0.2, 0.25) is 0 Å². The van der Waals surface area contributed by atoms with E-state index in [1.54, 1.807) is 26.8 Å². The first-order chi connectivity index (χ1) is 9.24. The molecule has 1 aromatic carbocycles. The Morgan fingerprint density at radius 1 is 1.35 bits per heavy atom. The summed E-state index contributed by atoms with van der Waals surface area (Å²) >= 11 is 1.26. The maximum absolute atomic E-state index is 11.6. The number of amides is 1. The number of thiazole rings is 1. The second-order valence-electron chi connectivity index (χ2n) is 5.13. The fourth-order valence-corrected chi connectivity index (χ4v) is 2.34. The summed E-state index contributed by atoms with van der Waals surface area (Å²) in [5, 5.41) is 11.8. The van der Waals surface area contributed by atoms with Gasteiger partial charge >= 0.3 is 12.1 Å². The molecule has 0 atom stereocenters. The summed E-state index contributed by atoms with van der Waals surface area (Å²) in [5.74, 6) is -1.01. The summed E-state index contributed by atoms with van der Waals surface area (Å²) in [5.41, 5.74) is 0.102. The van der Waals surface area contributed by atoms with E-state index in [9.17, 15) is 9.59 Å². The van der Waals surface area contributed by atoms with E-state index in [0.717, 1.165) is 4.70 Å². The van der Waals surface area contributed by atoms with E-state index in [1.165, 1.54) is 23.5 Å². The minimum atomic E-state index is -1.01. The van der Waals surface area contributed by atoms with Gasteiger partial charge in [0.15, 0.2) is 5.13 Å². The van der Waals surface area contributed by atoms with Gasteiger partial charge in [-0.2, -0.15) is 0 Å². The standard InChI is InChI=1S/C13H14N2O4S/c1-13(2,3)19-12(18)15-11-14-8-6-7(10(16)17)4-5-9(8)20-11/h4-6H,1-3H3,(H,16,17)(H,14,15,18). The van der Waals surface area contributed by atoms with Crippen molar-refractivity contribution >= 4 is 38.7 Å². The van der Waals surface area contributed by atoms with Crippen LogP contribution < -0.4 is 5.32 Å². The number of aromatic nitrogens is 1. The van der Waals surface area contributed by atoms with E-state index >= 15 is 0 Å². The number of aromatic carboxylic acids is 1. The maximum Gasteiger partial charge on any atom is 0.413 e. The molecule has 0 radical (unpaired) electrons. The van der Waals surface area contributed by atoms with Gasteiger partial charge in [0.2, 0.25) is 0 Å². The van der Waals surface area contributed by atoms with Gasteiger partial charge in [0, 0.05) is 0 Å². The Kier molecular flexibility index (Phi) is 3.63. The summed E-state index contributed by atoms with van der Waals surface area (Å²) in [6.45, 7) is 5.30. The first kappa shape index (κ1) is 14.3. The topological polar surface area (TPSA) is 88.5 Å². The molecule has 1 heterocycles. The Morgan fingerprint density at radius 3 is 2.65 bits per heavy atom. The molecular formula is C13H14N2O4S. The van der Waals surface area contributed by atoms with Gasteiger partial charge in [-0.15, -0.1) is 0 Å². The molecule has 20 heavy (non-hydrogen) atoms. The first-order valence-corrected chi connectivity index (χ1v) is 6.70. The molecule has 0 saturated heterocycles. The Morgan fingerprint density at radius 2 is 2.05 bits per heavy atom. The monoisotopic (exact) mass is 294 g/mol. The van der Waals surface area contributed by atoms with E-state index in [4.69, 9.17) is 9.84 Å². The molecule has 1 aromatic heterocycles. The van der Waals surface area contributed by atoms with Crippen molar-refractivity contribution in [2.75, 3.05) is 5.32 Å². The van der Waals surface area contributed by atoms with Crippen molar-refractivity contribution in [2.45, 2.75) is 26.4 Å². The SMILES string of the molecule is CC(C)(C)OC(=O)Nc1nc2cc(C(=O)O)ccc2s1. The van der Waals surface area contributed by atoms with Gasteiger partial charge < -0.3 is 9.84 Å². The van der Waals surface area contributed by atoms with Crippen LogP contribution in [0, 0.1) is 0 Å². The van der Waals surface area contributed by atoms with E-state index in [1.807, 2.05) is 0 Å². The molecule has 2 rings (SSSR count). The number of rotatable bonds is 2. The highest BCUT2D eigenvalue weighted by Crippen LogP contribution is 2.27. The molecule has 0 spiro atoms. The molecule has 0 aliphatic heterocycles. The largest absolute Gasteiger partial charge is 0.478 e. The summed E-state index contributed by atoms with van der Waals surface area (Å²) in [6, 6.07) is 4.63. The van der Waals surface area contributed by atoms with E-state index < -0.39 is 17.7 Å². The van der Waals surface area contributed by atoms with Crippen molar-refractivity contribution in [3.05, 3.63) is 23.8 Å². The van der Waals surface area contributed by atoms with Gasteiger partial charge in [0.05, 0.1) is 15.8 Å². The molecule has 0 fully saturated rings. The van der Waals surface area contributed by atoms with Crippen LogP contribution in [0.5, 0.6) is 0 Å². The predicted molar refractivity (Wildman–Crippen MR) is 76.4 cm³/mol. The van der Waals surface area contributed by atoms with Crippen LogP contribution in [-0.4, -0.2) is 27.8 Å². The van der Waals surface area contributed by atoms with E-state index in [0.29, 0.717) is 10.6 Å². The highest BCUT2D eigenvalue weighted by atomic mass is 32.1. The molecular weight excluding hydrogens is 280 g/mol. The molecule has 0 aliphatic rings. The zero-order chi connectivity index (χ0) is 14.9. The summed E-state index contributed by atoms with van der Waals surface area (Å²) in [6.07, 6.45) is -0.588. The second kappa shape index (κ2) is 5.09. The number of fused-ring (bicyclic) bond motifs is 1. The minimum Gasteiger partial charge on any atom is -0.478 e. The molecule has 0 unspecified atom stereocenters. The molecule has 7 heteroatoms. The number of benzene rings is 1. The Labute approximate surface area is 119 Å². The van der Waals surface area contributed by atoms with Crippen LogP contribution >= 0.6 is 11.3 Å². The van der Waals surface area contributed by atoms with Crippen molar-refractivity contribution in [3.63, 3.8) is 0 Å². The van der Waals surface area contributed by atoms with Crippen molar-refractivity contribution < 1.29 is 19.4 Å². The molecule has 0 bridgehead atoms. The van der Waals surface area contributed by atoms with Crippen molar-refractivity contribution in [1.82, 2.24) is 4.98 Å². The number of nitrogens with one attached hydrogen (secondary N) is 1. The number of anilines is 1. The Bertz CT molecular complexity index is 673. The van der Waals surface area contributed by atoms with Crippen molar-refractivity contribution in [3.8, 4) is 0 Å². The molecule has 1 amide bonds. The normalized spacial score (nSPS) is 11.3. The number of ether oxygens (including phenoxy) is 1. The van der Waals surface area contributed by atoms with Crippen LogP contribution in [0.15, 0.2) is 18.2 Å². The second-order valence-corrected chi connectivity index (χ2v) is 6.16. The quantitative estimate of drug-likeness (QED) is 0.886. The summed E-state index contributed by atoms with van der Waals surface area (Å²) in [7, 11) is 0. The number of hydrogen-bond acceptors (Lipinski definition) is 5. The molecule has 2 aromatic rings. The number of carboxylic acids is 1. The molecule has 6 nitrogen and oxygen atoms in total. The lowest BCUT2D eigenvalue weighted by atomic mass is 10.2. The van der Waals surface area contributed by atoms with Crippen LogP contribution in [0.25, 0.3) is 10.2 Å². The van der Waals surface area contributed by atoms with Gasteiger partial charge in [-0.3, -0.25) is 5.32 Å². The average Bonchev–Trinajstić information content (AvgIpc) is 2.66. The summed E-state index contributed by atoms with van der Waals surface area (Å²) in [4.78, 5) is 26.7. The number of carboxylic acid groups (broad SMARTS) is 1. The lowest BCUT2D eigenvalue weighted by molar-refractivity contribution is 0.0634. The summed E-state index contributed by atoms with van der Waals surface area (Å²) < 4.78 is 5.91. The predicted octanol–water partition coefficient (Wildman–Crippen LogP) is 3.34. The highest BCUT2D eigenvalue weighted by molar-refractivity contribution is 7.22. The molecule has 0 saturated carbocycles. The molecule has 2 N–H and O–H groups in total. The highest BCUT2D eigenvalue weighted by Gasteiger charge is 2.17. The van der Waals surface area contributed by atoms with Crippen LogP contribution in [0.4, 0.5) is 9.93 Å². The van der Waals surface area contributed by atoms with Gasteiger partial charge in [-0.05, 0) is 39.0 Å². The zero-order valence-corrected chi connectivity index (χ0v) is 12.1. The lowest BCUT2D eigenvalue weighted by Crippen LogP contribution is -2.27. The number of hydrogen-bond donors (Lipinski definition) is 2.